The largest absolute Gasteiger partial charge is 0.493 e. The van der Waals surface area contributed by atoms with Gasteiger partial charge in [0.1, 0.15) is 11.6 Å². The molecular weight excluding hydrogens is 366 g/mol. The first-order chi connectivity index (χ1) is 14.1. The Morgan fingerprint density at radius 2 is 1.97 bits per heavy atom. The van der Waals surface area contributed by atoms with Crippen molar-refractivity contribution < 1.29 is 14.6 Å². The van der Waals surface area contributed by atoms with Gasteiger partial charge in [-0.2, -0.15) is 0 Å². The molecule has 150 valence electrons. The van der Waals surface area contributed by atoms with Crippen LogP contribution in [0.5, 0.6) is 5.75 Å². The van der Waals surface area contributed by atoms with Crippen molar-refractivity contribution in [2.24, 2.45) is 0 Å². The second kappa shape index (κ2) is 10.2. The number of aromatic nitrogens is 2. The maximum atomic E-state index is 11.3. The zero-order valence-electron chi connectivity index (χ0n) is 16.4. The van der Waals surface area contributed by atoms with E-state index in [0.29, 0.717) is 13.0 Å². The van der Waals surface area contributed by atoms with Gasteiger partial charge in [0, 0.05) is 31.6 Å². The highest BCUT2D eigenvalue weighted by Gasteiger charge is 2.16. The zero-order valence-corrected chi connectivity index (χ0v) is 16.4. The number of aliphatic carboxylic acids is 1. The van der Waals surface area contributed by atoms with E-state index in [4.69, 9.17) is 4.74 Å². The Morgan fingerprint density at radius 1 is 1.14 bits per heavy atom. The van der Waals surface area contributed by atoms with Crippen LogP contribution in [0.1, 0.15) is 29.2 Å². The molecule has 6 nitrogen and oxygen atoms in total. The lowest BCUT2D eigenvalue weighted by molar-refractivity contribution is -0.137. The maximum absolute atomic E-state index is 11.3. The third-order valence-electron chi connectivity index (χ3n) is 4.67. The van der Waals surface area contributed by atoms with Gasteiger partial charge >= 0.3 is 5.97 Å². The van der Waals surface area contributed by atoms with E-state index in [2.05, 4.69) is 15.3 Å². The Hall–Kier alpha value is -3.41. The number of carbonyl (C=O) groups is 1. The first kappa shape index (κ1) is 20.3. The number of carboxylic acids is 1. The smallest absolute Gasteiger partial charge is 0.303 e. The molecule has 0 saturated heterocycles. The number of ether oxygens (including phenoxy) is 1. The van der Waals surface area contributed by atoms with Crippen LogP contribution >= 0.6 is 0 Å². The van der Waals surface area contributed by atoms with Gasteiger partial charge in [-0.3, -0.25) is 9.78 Å². The van der Waals surface area contributed by atoms with Crippen LogP contribution in [0.3, 0.4) is 0 Å². The monoisotopic (exact) mass is 391 g/mol. The Bertz CT molecular complexity index is 914. The molecule has 3 rings (SSSR count). The third kappa shape index (κ3) is 6.31. The van der Waals surface area contributed by atoms with Crippen molar-refractivity contribution in [2.75, 3.05) is 19.0 Å². The summed E-state index contributed by atoms with van der Waals surface area (Å²) in [6.07, 6.45) is 4.86. The lowest BCUT2D eigenvalue weighted by Crippen LogP contribution is -2.09. The molecule has 0 aliphatic carbocycles. The molecule has 0 amide bonds. The summed E-state index contributed by atoms with van der Waals surface area (Å²) in [4.78, 5) is 19.8. The van der Waals surface area contributed by atoms with Gasteiger partial charge in [-0.15, -0.1) is 0 Å². The van der Waals surface area contributed by atoms with Gasteiger partial charge in [-0.1, -0.05) is 24.3 Å². The minimum atomic E-state index is -0.810. The topological polar surface area (TPSA) is 84.3 Å². The predicted octanol–water partition coefficient (Wildman–Crippen LogP) is 3.94. The maximum Gasteiger partial charge on any atom is 0.303 e. The summed E-state index contributed by atoms with van der Waals surface area (Å²) in [6.45, 7) is 0.539. The highest BCUT2D eigenvalue weighted by molar-refractivity contribution is 5.68. The Morgan fingerprint density at radius 3 is 2.66 bits per heavy atom. The molecule has 2 N–H and O–H groups in total. The van der Waals surface area contributed by atoms with Crippen LogP contribution in [0.2, 0.25) is 0 Å². The lowest BCUT2D eigenvalue weighted by atomic mass is 9.90. The van der Waals surface area contributed by atoms with Crippen molar-refractivity contribution >= 4 is 11.8 Å². The number of anilines is 1. The summed E-state index contributed by atoms with van der Waals surface area (Å²) >= 11 is 0. The third-order valence-corrected chi connectivity index (χ3v) is 4.67. The first-order valence-corrected chi connectivity index (χ1v) is 9.61. The van der Waals surface area contributed by atoms with Crippen molar-refractivity contribution in [1.29, 1.82) is 0 Å². The van der Waals surface area contributed by atoms with Gasteiger partial charge in [0.05, 0.1) is 13.0 Å². The second-order valence-corrected chi connectivity index (χ2v) is 6.79. The van der Waals surface area contributed by atoms with E-state index in [-0.39, 0.29) is 12.3 Å². The molecule has 0 bridgehead atoms. The van der Waals surface area contributed by atoms with E-state index in [1.807, 2.05) is 61.6 Å². The molecule has 0 aliphatic heterocycles. The summed E-state index contributed by atoms with van der Waals surface area (Å²) in [7, 11) is 1.85. The first-order valence-electron chi connectivity index (χ1n) is 9.61. The molecule has 0 aliphatic rings. The van der Waals surface area contributed by atoms with Crippen molar-refractivity contribution in [1.82, 2.24) is 9.97 Å². The van der Waals surface area contributed by atoms with Crippen molar-refractivity contribution in [2.45, 2.75) is 25.2 Å². The molecule has 1 aromatic carbocycles. The Balaban J connectivity index is 1.56. The fraction of sp³-hybridized carbons (Fsp3) is 0.261. The minimum Gasteiger partial charge on any atom is -0.493 e. The van der Waals surface area contributed by atoms with Crippen LogP contribution in [-0.4, -0.2) is 34.7 Å². The highest BCUT2D eigenvalue weighted by Crippen LogP contribution is 2.25. The van der Waals surface area contributed by atoms with E-state index < -0.39 is 5.97 Å². The molecule has 2 heterocycles. The zero-order chi connectivity index (χ0) is 20.5. The lowest BCUT2D eigenvalue weighted by Gasteiger charge is -2.15. The summed E-state index contributed by atoms with van der Waals surface area (Å²) in [6, 6.07) is 17.5. The number of nitrogens with zero attached hydrogens (tertiary/aromatic N) is 2. The second-order valence-electron chi connectivity index (χ2n) is 6.79. The molecule has 0 saturated carbocycles. The summed E-state index contributed by atoms with van der Waals surface area (Å²) in [5.74, 6) is 0.708. The van der Waals surface area contributed by atoms with Crippen molar-refractivity contribution in [3.8, 4) is 5.75 Å². The van der Waals surface area contributed by atoms with Crippen LogP contribution < -0.4 is 10.1 Å². The number of hydrogen-bond donors (Lipinski definition) is 2. The highest BCUT2D eigenvalue weighted by atomic mass is 16.5. The minimum absolute atomic E-state index is 0.0720. The number of nitrogens with one attached hydrogen (secondary N) is 1. The van der Waals surface area contributed by atoms with Crippen LogP contribution in [0.15, 0.2) is 67.0 Å². The van der Waals surface area contributed by atoms with Gasteiger partial charge in [-0.05, 0) is 53.8 Å². The Kier molecular flexibility index (Phi) is 7.16. The van der Waals surface area contributed by atoms with Gasteiger partial charge in [0.25, 0.3) is 0 Å². The van der Waals surface area contributed by atoms with Gasteiger partial charge in [0.15, 0.2) is 0 Å². The van der Waals surface area contributed by atoms with E-state index in [1.54, 1.807) is 12.4 Å². The SMILES string of the molecule is CNc1cccc(CCOc2ccc(C[C@@H](CC(=O)O)c3cccnc3)cc2)n1. The summed E-state index contributed by atoms with van der Waals surface area (Å²) in [5, 5.41) is 12.3. The summed E-state index contributed by atoms with van der Waals surface area (Å²) < 4.78 is 5.83. The van der Waals surface area contributed by atoms with Gasteiger partial charge < -0.3 is 15.2 Å². The van der Waals surface area contributed by atoms with Crippen molar-refractivity contribution in [3.63, 3.8) is 0 Å². The van der Waals surface area contributed by atoms with E-state index >= 15 is 0 Å². The number of pyridine rings is 2. The predicted molar refractivity (Wildman–Crippen MR) is 112 cm³/mol. The molecule has 1 atom stereocenters. The average Bonchev–Trinajstić information content (AvgIpc) is 2.75. The standard InChI is InChI=1S/C23H25N3O3/c1-24-22-6-2-5-20(26-22)11-13-29-21-9-7-17(8-10-21)14-19(15-23(27)28)18-4-3-12-25-16-18/h2-10,12,16,19H,11,13-15H2,1H3,(H,24,26)(H,27,28)/t19-/m0/s1. The van der Waals surface area contributed by atoms with Crippen LogP contribution in [0, 0.1) is 0 Å². The summed E-state index contributed by atoms with van der Waals surface area (Å²) in [5.41, 5.74) is 2.98. The van der Waals surface area contributed by atoms with Crippen molar-refractivity contribution in [3.05, 3.63) is 83.8 Å². The van der Waals surface area contributed by atoms with Crippen LogP contribution in [0.25, 0.3) is 0 Å². The fourth-order valence-electron chi connectivity index (χ4n) is 3.17. The molecule has 2 aromatic heterocycles. The Labute approximate surface area is 170 Å². The van der Waals surface area contributed by atoms with Crippen LogP contribution in [0.4, 0.5) is 5.82 Å². The molecule has 0 fully saturated rings. The molecule has 29 heavy (non-hydrogen) atoms. The quantitative estimate of drug-likeness (QED) is 0.545. The number of hydrogen-bond acceptors (Lipinski definition) is 5. The molecule has 0 radical (unpaired) electrons. The molecular formula is C23H25N3O3. The molecule has 0 unspecified atom stereocenters. The molecule has 3 aromatic rings. The fourth-order valence-corrected chi connectivity index (χ4v) is 3.17. The van der Waals surface area contributed by atoms with E-state index in [0.717, 1.165) is 34.8 Å². The number of rotatable bonds is 10. The normalized spacial score (nSPS) is 11.6. The van der Waals surface area contributed by atoms with E-state index in [1.165, 1.54) is 0 Å². The number of benzene rings is 1. The molecule has 0 spiro atoms. The van der Waals surface area contributed by atoms with Gasteiger partial charge in [0.2, 0.25) is 0 Å². The molecule has 6 heteroatoms. The average molecular weight is 391 g/mol. The van der Waals surface area contributed by atoms with Crippen LogP contribution in [-0.2, 0) is 17.6 Å². The van der Waals surface area contributed by atoms with Gasteiger partial charge in [-0.25, -0.2) is 4.98 Å². The van der Waals surface area contributed by atoms with E-state index in [9.17, 15) is 9.90 Å². The number of carboxylic acid groups (broad SMARTS) is 1.